The fraction of sp³-hybridized carbons (Fsp3) is 0.235. The molecule has 1 aliphatic heterocycles. The van der Waals surface area contributed by atoms with Gasteiger partial charge in [0.2, 0.25) is 5.95 Å². The molecule has 0 unspecified atom stereocenters. The Hall–Kier alpha value is -2.89. The van der Waals surface area contributed by atoms with Crippen molar-refractivity contribution in [2.24, 2.45) is 0 Å². The fourth-order valence-corrected chi connectivity index (χ4v) is 2.93. The molecule has 1 saturated heterocycles. The first-order chi connectivity index (χ1) is 11.4. The Labute approximate surface area is 134 Å². The fourth-order valence-electron chi connectivity index (χ4n) is 2.93. The smallest absolute Gasteiger partial charge is 0.225 e. The highest BCUT2D eigenvalue weighted by molar-refractivity contribution is 5.48. The Morgan fingerprint density at radius 1 is 0.870 bits per heavy atom. The van der Waals surface area contributed by atoms with Crippen LogP contribution in [0.15, 0.2) is 55.1 Å². The van der Waals surface area contributed by atoms with Crippen molar-refractivity contribution in [3.05, 3.63) is 60.8 Å². The molecule has 3 aromatic rings. The van der Waals surface area contributed by atoms with Crippen molar-refractivity contribution in [3.63, 3.8) is 0 Å². The van der Waals surface area contributed by atoms with E-state index in [0.29, 0.717) is 5.82 Å². The Bertz CT molecular complexity index is 777. The van der Waals surface area contributed by atoms with Gasteiger partial charge in [0.1, 0.15) is 5.69 Å². The summed E-state index contributed by atoms with van der Waals surface area (Å²) in [7, 11) is 0. The Morgan fingerprint density at radius 2 is 1.74 bits per heavy atom. The second kappa shape index (κ2) is 6.08. The SMILES string of the molecule is c1ccc(-c2nccc([C@@H]3CCCN3c3ncccn3)n2)nc1. The molecule has 0 spiro atoms. The van der Waals surface area contributed by atoms with Crippen LogP contribution in [0.25, 0.3) is 11.5 Å². The van der Waals surface area contributed by atoms with Crippen LogP contribution in [0.2, 0.25) is 0 Å². The number of hydrogen-bond acceptors (Lipinski definition) is 6. The summed E-state index contributed by atoms with van der Waals surface area (Å²) in [6.45, 7) is 0.942. The molecule has 114 valence electrons. The third kappa shape index (κ3) is 2.75. The number of pyridine rings is 1. The van der Waals surface area contributed by atoms with Crippen LogP contribution < -0.4 is 4.90 Å². The average Bonchev–Trinajstić information content (AvgIpc) is 3.13. The second-order valence-electron chi connectivity index (χ2n) is 5.42. The highest BCUT2D eigenvalue weighted by Gasteiger charge is 2.29. The summed E-state index contributed by atoms with van der Waals surface area (Å²) in [6.07, 6.45) is 9.25. The summed E-state index contributed by atoms with van der Waals surface area (Å²) >= 11 is 0. The lowest BCUT2D eigenvalue weighted by Gasteiger charge is -2.24. The van der Waals surface area contributed by atoms with E-state index in [9.17, 15) is 0 Å². The van der Waals surface area contributed by atoms with Gasteiger partial charge < -0.3 is 4.90 Å². The predicted octanol–water partition coefficient (Wildman–Crippen LogP) is 2.67. The number of aromatic nitrogens is 5. The van der Waals surface area contributed by atoms with Crippen molar-refractivity contribution in [2.45, 2.75) is 18.9 Å². The standard InChI is InChI=1S/C17H16N6/c1-2-8-18-14(5-1)16-19-11-7-13(22-16)15-6-3-12-23(15)17-20-9-4-10-21-17/h1-2,4-5,7-11,15H,3,6,12H2/t15-/m0/s1. The van der Waals surface area contributed by atoms with E-state index in [1.807, 2.05) is 30.3 Å². The van der Waals surface area contributed by atoms with E-state index in [0.717, 1.165) is 36.7 Å². The van der Waals surface area contributed by atoms with E-state index >= 15 is 0 Å². The van der Waals surface area contributed by atoms with Gasteiger partial charge in [-0.3, -0.25) is 4.98 Å². The first-order valence-electron chi connectivity index (χ1n) is 7.70. The average molecular weight is 304 g/mol. The summed E-state index contributed by atoms with van der Waals surface area (Å²) in [5, 5.41) is 0. The zero-order valence-electron chi connectivity index (χ0n) is 12.6. The highest BCUT2D eigenvalue weighted by Crippen LogP contribution is 2.33. The Kier molecular flexibility index (Phi) is 3.63. The van der Waals surface area contributed by atoms with Crippen LogP contribution in [0, 0.1) is 0 Å². The molecule has 23 heavy (non-hydrogen) atoms. The molecule has 0 aromatic carbocycles. The maximum Gasteiger partial charge on any atom is 0.225 e. The van der Waals surface area contributed by atoms with Crippen LogP contribution in [0.1, 0.15) is 24.6 Å². The van der Waals surface area contributed by atoms with Gasteiger partial charge in [0.15, 0.2) is 5.82 Å². The zero-order valence-corrected chi connectivity index (χ0v) is 12.6. The summed E-state index contributed by atoms with van der Waals surface area (Å²) in [5.74, 6) is 1.41. The van der Waals surface area contributed by atoms with Crippen LogP contribution in [0.5, 0.6) is 0 Å². The van der Waals surface area contributed by atoms with Gasteiger partial charge in [0, 0.05) is 31.3 Å². The molecule has 4 heterocycles. The molecule has 3 aromatic heterocycles. The Balaban J connectivity index is 1.68. The Morgan fingerprint density at radius 3 is 2.57 bits per heavy atom. The summed E-state index contributed by atoms with van der Waals surface area (Å²) in [5.41, 5.74) is 1.78. The summed E-state index contributed by atoms with van der Waals surface area (Å²) < 4.78 is 0. The van der Waals surface area contributed by atoms with E-state index in [1.54, 1.807) is 24.8 Å². The van der Waals surface area contributed by atoms with Gasteiger partial charge in [0.25, 0.3) is 0 Å². The maximum absolute atomic E-state index is 4.73. The lowest BCUT2D eigenvalue weighted by molar-refractivity contribution is 0.677. The highest BCUT2D eigenvalue weighted by atomic mass is 15.3. The second-order valence-corrected chi connectivity index (χ2v) is 5.42. The van der Waals surface area contributed by atoms with Crippen LogP contribution >= 0.6 is 0 Å². The van der Waals surface area contributed by atoms with E-state index < -0.39 is 0 Å². The zero-order chi connectivity index (χ0) is 15.5. The van der Waals surface area contributed by atoms with Gasteiger partial charge in [-0.1, -0.05) is 6.07 Å². The van der Waals surface area contributed by atoms with Gasteiger partial charge >= 0.3 is 0 Å². The number of rotatable bonds is 3. The van der Waals surface area contributed by atoms with Crippen LogP contribution in [-0.4, -0.2) is 31.5 Å². The van der Waals surface area contributed by atoms with E-state index in [2.05, 4.69) is 24.8 Å². The lowest BCUT2D eigenvalue weighted by Crippen LogP contribution is -2.25. The van der Waals surface area contributed by atoms with Crippen molar-refractivity contribution in [1.29, 1.82) is 0 Å². The molecule has 1 fully saturated rings. The van der Waals surface area contributed by atoms with E-state index in [1.165, 1.54) is 0 Å². The maximum atomic E-state index is 4.73. The molecular weight excluding hydrogens is 288 g/mol. The topological polar surface area (TPSA) is 67.7 Å². The minimum Gasteiger partial charge on any atom is -0.332 e. The van der Waals surface area contributed by atoms with Gasteiger partial charge in [-0.25, -0.2) is 19.9 Å². The van der Waals surface area contributed by atoms with Gasteiger partial charge in [-0.05, 0) is 37.1 Å². The monoisotopic (exact) mass is 304 g/mol. The van der Waals surface area contributed by atoms with Gasteiger partial charge in [-0.15, -0.1) is 0 Å². The van der Waals surface area contributed by atoms with Crippen LogP contribution in [-0.2, 0) is 0 Å². The molecule has 0 amide bonds. The summed E-state index contributed by atoms with van der Waals surface area (Å²) in [6, 6.07) is 9.74. The third-order valence-corrected chi connectivity index (χ3v) is 3.97. The molecule has 0 saturated carbocycles. The van der Waals surface area contributed by atoms with Crippen molar-refractivity contribution in [3.8, 4) is 11.5 Å². The minimum absolute atomic E-state index is 0.183. The largest absolute Gasteiger partial charge is 0.332 e. The van der Waals surface area contributed by atoms with Crippen LogP contribution in [0.3, 0.4) is 0 Å². The molecule has 6 nitrogen and oxygen atoms in total. The lowest BCUT2D eigenvalue weighted by atomic mass is 10.1. The molecule has 1 aliphatic rings. The first-order valence-corrected chi connectivity index (χ1v) is 7.70. The molecule has 0 bridgehead atoms. The van der Waals surface area contributed by atoms with E-state index in [4.69, 9.17) is 4.98 Å². The van der Waals surface area contributed by atoms with Crippen molar-refractivity contribution in [1.82, 2.24) is 24.9 Å². The first kappa shape index (κ1) is 13.8. The molecule has 0 aliphatic carbocycles. The third-order valence-electron chi connectivity index (χ3n) is 3.97. The molecule has 4 rings (SSSR count). The number of nitrogens with zero attached hydrogens (tertiary/aromatic N) is 6. The quantitative estimate of drug-likeness (QED) is 0.741. The van der Waals surface area contributed by atoms with Crippen molar-refractivity contribution in [2.75, 3.05) is 11.4 Å². The normalized spacial score (nSPS) is 17.4. The van der Waals surface area contributed by atoms with Gasteiger partial charge in [-0.2, -0.15) is 0 Å². The molecular formula is C17H16N6. The molecule has 0 radical (unpaired) electrons. The number of anilines is 1. The molecule has 1 atom stereocenters. The molecule has 6 heteroatoms. The van der Waals surface area contributed by atoms with Crippen molar-refractivity contribution >= 4 is 5.95 Å². The van der Waals surface area contributed by atoms with Gasteiger partial charge in [0.05, 0.1) is 11.7 Å². The predicted molar refractivity (Wildman–Crippen MR) is 86.6 cm³/mol. The number of hydrogen-bond donors (Lipinski definition) is 0. The van der Waals surface area contributed by atoms with Crippen LogP contribution in [0.4, 0.5) is 5.95 Å². The van der Waals surface area contributed by atoms with E-state index in [-0.39, 0.29) is 6.04 Å². The molecule has 0 N–H and O–H groups in total. The minimum atomic E-state index is 0.183. The summed E-state index contributed by atoms with van der Waals surface area (Å²) in [4.78, 5) is 24.4. The van der Waals surface area contributed by atoms with Crippen molar-refractivity contribution < 1.29 is 0 Å².